The van der Waals surface area contributed by atoms with Crippen LogP contribution in [0.25, 0.3) is 11.3 Å². The number of benzene rings is 2. The Morgan fingerprint density at radius 3 is 2.36 bits per heavy atom. The quantitative estimate of drug-likeness (QED) is 0.707. The van der Waals surface area contributed by atoms with Crippen LogP contribution in [0.15, 0.2) is 67.0 Å². The molecule has 2 aromatic carbocycles. The van der Waals surface area contributed by atoms with Crippen molar-refractivity contribution in [2.75, 3.05) is 17.6 Å². The Bertz CT molecular complexity index is 724. The number of rotatable bonds is 5. The van der Waals surface area contributed by atoms with Crippen LogP contribution in [0.2, 0.25) is 0 Å². The van der Waals surface area contributed by atoms with Crippen molar-refractivity contribution in [1.29, 1.82) is 0 Å². The maximum Gasteiger partial charge on any atom is 0.152 e. The predicted octanol–water partition coefficient (Wildman–Crippen LogP) is 3.38. The third-order valence-corrected chi connectivity index (χ3v) is 3.43. The molecular weight excluding hydrogens is 272 g/mol. The molecule has 0 fully saturated rings. The number of aromatic nitrogens is 2. The van der Waals surface area contributed by atoms with E-state index in [1.54, 1.807) is 12.4 Å². The second kappa shape index (κ2) is 6.72. The number of anilines is 2. The molecule has 3 aromatic rings. The summed E-state index contributed by atoms with van der Waals surface area (Å²) < 4.78 is 0. The van der Waals surface area contributed by atoms with Gasteiger partial charge < -0.3 is 11.1 Å². The lowest BCUT2D eigenvalue weighted by molar-refractivity contribution is 1.00. The SMILES string of the molecule is Nc1ccc(-c2nccnc2NCCc2ccccc2)cc1. The summed E-state index contributed by atoms with van der Waals surface area (Å²) in [4.78, 5) is 8.84. The van der Waals surface area contributed by atoms with Crippen molar-refractivity contribution in [3.63, 3.8) is 0 Å². The van der Waals surface area contributed by atoms with E-state index in [0.29, 0.717) is 0 Å². The molecule has 0 bridgehead atoms. The van der Waals surface area contributed by atoms with E-state index in [9.17, 15) is 0 Å². The second-order valence-electron chi connectivity index (χ2n) is 5.04. The highest BCUT2D eigenvalue weighted by Crippen LogP contribution is 2.24. The normalized spacial score (nSPS) is 10.4. The lowest BCUT2D eigenvalue weighted by atomic mass is 10.1. The molecule has 0 unspecified atom stereocenters. The minimum absolute atomic E-state index is 0.742. The van der Waals surface area contributed by atoms with E-state index in [0.717, 1.165) is 35.7 Å². The number of nitrogens with one attached hydrogen (secondary N) is 1. The maximum atomic E-state index is 5.74. The van der Waals surface area contributed by atoms with Gasteiger partial charge in [-0.25, -0.2) is 4.98 Å². The highest BCUT2D eigenvalue weighted by Gasteiger charge is 2.07. The highest BCUT2D eigenvalue weighted by atomic mass is 15.0. The maximum absolute atomic E-state index is 5.74. The van der Waals surface area contributed by atoms with Gasteiger partial charge in [0.25, 0.3) is 0 Å². The number of nitrogens with two attached hydrogens (primary N) is 1. The molecule has 1 heterocycles. The first-order valence-electron chi connectivity index (χ1n) is 7.27. The Balaban J connectivity index is 1.73. The summed E-state index contributed by atoms with van der Waals surface area (Å²) in [6.07, 6.45) is 4.35. The molecular formula is C18H18N4. The summed E-state index contributed by atoms with van der Waals surface area (Å²) in [7, 11) is 0. The summed E-state index contributed by atoms with van der Waals surface area (Å²) >= 11 is 0. The van der Waals surface area contributed by atoms with Gasteiger partial charge >= 0.3 is 0 Å². The second-order valence-corrected chi connectivity index (χ2v) is 5.04. The molecule has 4 nitrogen and oxygen atoms in total. The third-order valence-electron chi connectivity index (χ3n) is 3.43. The van der Waals surface area contributed by atoms with Crippen molar-refractivity contribution in [3.05, 3.63) is 72.6 Å². The van der Waals surface area contributed by atoms with Gasteiger partial charge in [-0.15, -0.1) is 0 Å². The molecule has 0 aliphatic heterocycles. The van der Waals surface area contributed by atoms with Crippen molar-refractivity contribution in [1.82, 2.24) is 9.97 Å². The molecule has 0 spiro atoms. The number of nitrogen functional groups attached to an aromatic ring is 1. The molecule has 0 radical (unpaired) electrons. The van der Waals surface area contributed by atoms with Crippen LogP contribution in [0.1, 0.15) is 5.56 Å². The molecule has 0 aliphatic carbocycles. The highest BCUT2D eigenvalue weighted by molar-refractivity contribution is 5.72. The predicted molar refractivity (Wildman–Crippen MR) is 90.5 cm³/mol. The van der Waals surface area contributed by atoms with Crippen molar-refractivity contribution in [2.24, 2.45) is 0 Å². The number of nitrogens with zero attached hydrogens (tertiary/aromatic N) is 2. The van der Waals surface area contributed by atoms with Crippen LogP contribution in [-0.4, -0.2) is 16.5 Å². The van der Waals surface area contributed by atoms with Crippen molar-refractivity contribution < 1.29 is 0 Å². The van der Waals surface area contributed by atoms with E-state index in [2.05, 4.69) is 39.6 Å². The van der Waals surface area contributed by atoms with E-state index in [4.69, 9.17) is 5.73 Å². The number of hydrogen-bond acceptors (Lipinski definition) is 4. The first-order valence-corrected chi connectivity index (χ1v) is 7.27. The van der Waals surface area contributed by atoms with E-state index >= 15 is 0 Å². The standard InChI is InChI=1S/C18H18N4/c19-16-8-6-15(7-9-16)17-18(22-13-12-20-17)21-11-10-14-4-2-1-3-5-14/h1-9,12-13H,10-11,19H2,(H,21,22). The smallest absolute Gasteiger partial charge is 0.152 e. The lowest BCUT2D eigenvalue weighted by Crippen LogP contribution is -2.08. The molecule has 3 rings (SSSR count). The minimum atomic E-state index is 0.742. The van der Waals surface area contributed by atoms with Gasteiger partial charge in [0, 0.05) is 30.2 Å². The zero-order chi connectivity index (χ0) is 15.2. The van der Waals surface area contributed by atoms with Gasteiger partial charge in [-0.05, 0) is 24.1 Å². The van der Waals surface area contributed by atoms with Crippen LogP contribution >= 0.6 is 0 Å². The molecule has 110 valence electrons. The van der Waals surface area contributed by atoms with Crippen molar-refractivity contribution in [3.8, 4) is 11.3 Å². The van der Waals surface area contributed by atoms with Gasteiger partial charge in [0.15, 0.2) is 5.82 Å². The van der Waals surface area contributed by atoms with E-state index in [1.165, 1.54) is 5.56 Å². The molecule has 0 aliphatic rings. The van der Waals surface area contributed by atoms with Gasteiger partial charge in [-0.1, -0.05) is 42.5 Å². The first-order chi connectivity index (χ1) is 10.8. The third kappa shape index (κ3) is 3.41. The zero-order valence-electron chi connectivity index (χ0n) is 12.2. The topological polar surface area (TPSA) is 63.8 Å². The number of hydrogen-bond donors (Lipinski definition) is 2. The van der Waals surface area contributed by atoms with Crippen LogP contribution in [-0.2, 0) is 6.42 Å². The average molecular weight is 290 g/mol. The van der Waals surface area contributed by atoms with Gasteiger partial charge in [0.2, 0.25) is 0 Å². The molecule has 0 saturated carbocycles. The Morgan fingerprint density at radius 1 is 0.864 bits per heavy atom. The summed E-state index contributed by atoms with van der Waals surface area (Å²) in [5.74, 6) is 0.795. The Hall–Kier alpha value is -2.88. The molecule has 1 aromatic heterocycles. The summed E-state index contributed by atoms with van der Waals surface area (Å²) in [6.45, 7) is 0.810. The largest absolute Gasteiger partial charge is 0.399 e. The van der Waals surface area contributed by atoms with Crippen LogP contribution in [0, 0.1) is 0 Å². The van der Waals surface area contributed by atoms with Crippen LogP contribution in [0.5, 0.6) is 0 Å². The van der Waals surface area contributed by atoms with Gasteiger partial charge in [-0.2, -0.15) is 0 Å². The molecule has 0 atom stereocenters. The van der Waals surface area contributed by atoms with Crippen LogP contribution in [0.4, 0.5) is 11.5 Å². The fourth-order valence-corrected chi connectivity index (χ4v) is 2.29. The Kier molecular flexibility index (Phi) is 4.30. The Labute approximate surface area is 130 Å². The van der Waals surface area contributed by atoms with Crippen LogP contribution < -0.4 is 11.1 Å². The molecule has 0 saturated heterocycles. The fourth-order valence-electron chi connectivity index (χ4n) is 2.29. The monoisotopic (exact) mass is 290 g/mol. The Morgan fingerprint density at radius 2 is 1.59 bits per heavy atom. The summed E-state index contributed by atoms with van der Waals surface area (Å²) in [6, 6.07) is 18.0. The van der Waals surface area contributed by atoms with E-state index in [1.807, 2.05) is 30.3 Å². The van der Waals surface area contributed by atoms with Crippen molar-refractivity contribution in [2.45, 2.75) is 6.42 Å². The van der Waals surface area contributed by atoms with Gasteiger partial charge in [0.05, 0.1) is 0 Å². The summed E-state index contributed by atoms with van der Waals surface area (Å²) in [5.41, 5.74) is 9.62. The summed E-state index contributed by atoms with van der Waals surface area (Å²) in [5, 5.41) is 3.37. The molecule has 22 heavy (non-hydrogen) atoms. The first kappa shape index (κ1) is 14.1. The van der Waals surface area contributed by atoms with Crippen molar-refractivity contribution >= 4 is 11.5 Å². The lowest BCUT2D eigenvalue weighted by Gasteiger charge is -2.10. The van der Waals surface area contributed by atoms with Gasteiger partial charge in [-0.3, -0.25) is 4.98 Å². The zero-order valence-corrected chi connectivity index (χ0v) is 12.2. The molecule has 4 heteroatoms. The fraction of sp³-hybridized carbons (Fsp3) is 0.111. The minimum Gasteiger partial charge on any atom is -0.399 e. The van der Waals surface area contributed by atoms with Crippen LogP contribution in [0.3, 0.4) is 0 Å². The molecule has 3 N–H and O–H groups in total. The van der Waals surface area contributed by atoms with E-state index in [-0.39, 0.29) is 0 Å². The average Bonchev–Trinajstić information content (AvgIpc) is 2.57. The van der Waals surface area contributed by atoms with E-state index < -0.39 is 0 Å². The molecule has 0 amide bonds. The van der Waals surface area contributed by atoms with Gasteiger partial charge in [0.1, 0.15) is 5.69 Å².